The maximum Gasteiger partial charge on any atom is 0.338 e. The molecule has 3 aromatic carbocycles. The van der Waals surface area contributed by atoms with E-state index in [-0.39, 0.29) is 24.9 Å². The van der Waals surface area contributed by atoms with Crippen LogP contribution in [0, 0.1) is 5.82 Å². The van der Waals surface area contributed by atoms with Crippen molar-refractivity contribution in [3.05, 3.63) is 101 Å². The van der Waals surface area contributed by atoms with Crippen LogP contribution in [0.15, 0.2) is 72.8 Å². The molecule has 6 heteroatoms. The summed E-state index contributed by atoms with van der Waals surface area (Å²) in [6.45, 7) is 2.92. The fourth-order valence-electron chi connectivity index (χ4n) is 3.49. The van der Waals surface area contributed by atoms with E-state index in [2.05, 4.69) is 0 Å². The van der Waals surface area contributed by atoms with Crippen LogP contribution in [-0.4, -0.2) is 30.4 Å². The second-order valence-electron chi connectivity index (χ2n) is 7.58. The summed E-state index contributed by atoms with van der Waals surface area (Å²) in [6.07, 6.45) is 0.924. The summed E-state index contributed by atoms with van der Waals surface area (Å²) >= 11 is 0. The average molecular weight is 450 g/mol. The minimum absolute atomic E-state index is 0.0134. The van der Waals surface area contributed by atoms with Gasteiger partial charge in [0, 0.05) is 30.6 Å². The van der Waals surface area contributed by atoms with Crippen molar-refractivity contribution in [2.24, 2.45) is 0 Å². The van der Waals surface area contributed by atoms with Gasteiger partial charge < -0.3 is 14.4 Å². The molecule has 0 fully saturated rings. The molecule has 3 rings (SSSR count). The molecule has 0 saturated carbocycles. The van der Waals surface area contributed by atoms with Gasteiger partial charge >= 0.3 is 5.97 Å². The van der Waals surface area contributed by atoms with Gasteiger partial charge in [0.25, 0.3) is 0 Å². The number of carbonyl (C=O) groups excluding carboxylic acids is 2. The standard InChI is InChI=1S/C27H28FNO4/c1-3-29(18-21-8-5-7-11-25(21)28)26(30)17-14-20-12-15-23(16-13-20)33-19-22-9-4-6-10-24(22)27(31)32-2/h4-13,15-16H,3,14,17-19H2,1-2H3. The number of nitrogens with zero attached hydrogens (tertiary/aromatic N) is 1. The SMILES string of the molecule is CCN(Cc1ccccc1F)C(=O)CCc1ccc(OCc2ccccc2C(=O)OC)cc1. The van der Waals surface area contributed by atoms with E-state index in [1.807, 2.05) is 43.3 Å². The highest BCUT2D eigenvalue weighted by Crippen LogP contribution is 2.18. The Bertz CT molecular complexity index is 1080. The zero-order chi connectivity index (χ0) is 23.6. The Balaban J connectivity index is 1.53. The molecule has 0 bridgehead atoms. The number of rotatable bonds is 10. The fraction of sp³-hybridized carbons (Fsp3) is 0.259. The van der Waals surface area contributed by atoms with Gasteiger partial charge in [0.2, 0.25) is 5.91 Å². The summed E-state index contributed by atoms with van der Waals surface area (Å²) in [5.41, 5.74) is 2.75. The van der Waals surface area contributed by atoms with Gasteiger partial charge in [-0.05, 0) is 43.2 Å². The molecule has 1 amide bonds. The number of hydrogen-bond donors (Lipinski definition) is 0. The molecule has 3 aromatic rings. The maximum absolute atomic E-state index is 13.9. The summed E-state index contributed by atoms with van der Waals surface area (Å²) in [5.74, 6) is -0.0427. The molecule has 33 heavy (non-hydrogen) atoms. The van der Waals surface area contributed by atoms with E-state index in [1.165, 1.54) is 13.2 Å². The van der Waals surface area contributed by atoms with Crippen molar-refractivity contribution >= 4 is 11.9 Å². The Morgan fingerprint density at radius 1 is 0.909 bits per heavy atom. The molecule has 0 heterocycles. The van der Waals surface area contributed by atoms with E-state index in [4.69, 9.17) is 9.47 Å². The minimum Gasteiger partial charge on any atom is -0.489 e. The van der Waals surface area contributed by atoms with Crippen LogP contribution in [0.5, 0.6) is 5.75 Å². The molecule has 172 valence electrons. The number of carbonyl (C=O) groups is 2. The molecule has 0 radical (unpaired) electrons. The number of aryl methyl sites for hydroxylation is 1. The number of ether oxygens (including phenoxy) is 2. The first kappa shape index (κ1) is 24.0. The van der Waals surface area contributed by atoms with Crippen LogP contribution >= 0.6 is 0 Å². The monoisotopic (exact) mass is 449 g/mol. The Morgan fingerprint density at radius 2 is 1.58 bits per heavy atom. The largest absolute Gasteiger partial charge is 0.489 e. The number of benzene rings is 3. The van der Waals surface area contributed by atoms with Crippen molar-refractivity contribution in [1.82, 2.24) is 4.90 Å². The maximum atomic E-state index is 13.9. The molecule has 0 N–H and O–H groups in total. The third kappa shape index (κ3) is 6.65. The second-order valence-corrected chi connectivity index (χ2v) is 7.58. The summed E-state index contributed by atoms with van der Waals surface area (Å²) in [5, 5.41) is 0. The highest BCUT2D eigenvalue weighted by Gasteiger charge is 2.14. The molecule has 0 aliphatic rings. The first-order valence-electron chi connectivity index (χ1n) is 10.9. The minimum atomic E-state index is -0.398. The van der Waals surface area contributed by atoms with Crippen molar-refractivity contribution in [3.63, 3.8) is 0 Å². The summed E-state index contributed by atoms with van der Waals surface area (Å²) < 4.78 is 24.5. The van der Waals surface area contributed by atoms with E-state index >= 15 is 0 Å². The first-order valence-corrected chi connectivity index (χ1v) is 10.9. The van der Waals surface area contributed by atoms with Crippen LogP contribution in [-0.2, 0) is 29.1 Å². The Morgan fingerprint density at radius 3 is 2.24 bits per heavy atom. The van der Waals surface area contributed by atoms with Crippen molar-refractivity contribution in [3.8, 4) is 5.75 Å². The summed E-state index contributed by atoms with van der Waals surface area (Å²) in [6, 6.07) is 21.2. The Kier molecular flexibility index (Phi) is 8.58. The topological polar surface area (TPSA) is 55.8 Å². The van der Waals surface area contributed by atoms with Crippen LogP contribution in [0.4, 0.5) is 4.39 Å². The molecular formula is C27H28FNO4. The van der Waals surface area contributed by atoms with E-state index in [1.54, 1.807) is 35.2 Å². The number of methoxy groups -OCH3 is 1. The van der Waals surface area contributed by atoms with Gasteiger partial charge in [-0.2, -0.15) is 0 Å². The van der Waals surface area contributed by atoms with E-state index in [0.717, 1.165) is 11.1 Å². The number of esters is 1. The van der Waals surface area contributed by atoms with Crippen LogP contribution in [0.2, 0.25) is 0 Å². The summed E-state index contributed by atoms with van der Waals surface area (Å²) in [4.78, 5) is 26.2. The van der Waals surface area contributed by atoms with E-state index < -0.39 is 5.97 Å². The molecule has 0 aliphatic heterocycles. The molecule has 0 aromatic heterocycles. The van der Waals surface area contributed by atoms with Gasteiger partial charge in [-0.15, -0.1) is 0 Å². The van der Waals surface area contributed by atoms with Gasteiger partial charge in [-0.25, -0.2) is 9.18 Å². The molecular weight excluding hydrogens is 421 g/mol. The highest BCUT2D eigenvalue weighted by molar-refractivity contribution is 5.90. The van der Waals surface area contributed by atoms with Crippen LogP contribution in [0.3, 0.4) is 0 Å². The lowest BCUT2D eigenvalue weighted by Crippen LogP contribution is -2.30. The molecule has 5 nitrogen and oxygen atoms in total. The lowest BCUT2D eigenvalue weighted by atomic mass is 10.1. The lowest BCUT2D eigenvalue weighted by Gasteiger charge is -2.21. The van der Waals surface area contributed by atoms with Crippen molar-refractivity contribution < 1.29 is 23.5 Å². The quantitative estimate of drug-likeness (QED) is 0.401. The number of amides is 1. The van der Waals surface area contributed by atoms with Gasteiger partial charge in [0.1, 0.15) is 18.2 Å². The second kappa shape index (κ2) is 11.8. The molecule has 0 spiro atoms. The van der Waals surface area contributed by atoms with Gasteiger partial charge in [0.15, 0.2) is 0 Å². The van der Waals surface area contributed by atoms with Gasteiger partial charge in [0.05, 0.1) is 12.7 Å². The number of halogens is 1. The smallest absolute Gasteiger partial charge is 0.338 e. The average Bonchev–Trinajstić information content (AvgIpc) is 2.86. The first-order chi connectivity index (χ1) is 16.0. The third-order valence-corrected chi connectivity index (χ3v) is 5.42. The van der Waals surface area contributed by atoms with Crippen molar-refractivity contribution in [2.75, 3.05) is 13.7 Å². The van der Waals surface area contributed by atoms with Crippen LogP contribution in [0.25, 0.3) is 0 Å². The van der Waals surface area contributed by atoms with Crippen LogP contribution in [0.1, 0.15) is 40.4 Å². The molecule has 0 unspecified atom stereocenters. The molecule has 0 saturated heterocycles. The van der Waals surface area contributed by atoms with Crippen molar-refractivity contribution in [1.29, 1.82) is 0 Å². The lowest BCUT2D eigenvalue weighted by molar-refractivity contribution is -0.131. The Labute approximate surface area is 193 Å². The summed E-state index contributed by atoms with van der Waals surface area (Å²) in [7, 11) is 1.35. The zero-order valence-corrected chi connectivity index (χ0v) is 18.9. The fourth-order valence-corrected chi connectivity index (χ4v) is 3.49. The van der Waals surface area contributed by atoms with Gasteiger partial charge in [-0.3, -0.25) is 4.79 Å². The van der Waals surface area contributed by atoms with Gasteiger partial charge in [-0.1, -0.05) is 48.5 Å². The van der Waals surface area contributed by atoms with Crippen molar-refractivity contribution in [2.45, 2.75) is 32.9 Å². The van der Waals surface area contributed by atoms with E-state index in [9.17, 15) is 14.0 Å². The predicted molar refractivity (Wildman–Crippen MR) is 124 cm³/mol. The molecule has 0 aliphatic carbocycles. The predicted octanol–water partition coefficient (Wildman–Crippen LogP) is 5.17. The Hall–Kier alpha value is -3.67. The number of hydrogen-bond acceptors (Lipinski definition) is 4. The highest BCUT2D eigenvalue weighted by atomic mass is 19.1. The third-order valence-electron chi connectivity index (χ3n) is 5.42. The van der Waals surface area contributed by atoms with Crippen LogP contribution < -0.4 is 4.74 Å². The zero-order valence-electron chi connectivity index (χ0n) is 18.9. The van der Waals surface area contributed by atoms with E-state index in [0.29, 0.717) is 36.3 Å². The normalized spacial score (nSPS) is 10.5. The molecule has 0 atom stereocenters.